The number of fused-ring (bicyclic) bond motifs is 1. The molecule has 0 radical (unpaired) electrons. The van der Waals surface area contributed by atoms with E-state index in [0.29, 0.717) is 31.3 Å². The van der Waals surface area contributed by atoms with Crippen LogP contribution in [0.2, 0.25) is 56.5 Å². The Morgan fingerprint density at radius 2 is 1.53 bits per heavy atom. The van der Waals surface area contributed by atoms with Crippen molar-refractivity contribution >= 4 is 38.8 Å². The standard InChI is InChI=1S/C23H35ClN4O3Si2.Ar/c1-32(2,3)13-11-30-16-27-20-10-8-7-9-19(20)25-22(27)18-15-21(24)26-28(23(18)29)17-31-12-14-33(4,5)6;/h7-10,15H,11-14,16-17H2,1-6H3;. The van der Waals surface area contributed by atoms with Gasteiger partial charge in [0.1, 0.15) is 19.3 Å². The average molecular weight is 547 g/mol. The molecule has 0 saturated carbocycles. The topological polar surface area (TPSA) is 71.2 Å². The van der Waals surface area contributed by atoms with E-state index in [2.05, 4.69) is 44.4 Å². The van der Waals surface area contributed by atoms with Crippen molar-refractivity contribution < 1.29 is 47.2 Å². The first kappa shape index (κ1) is 29.7. The zero-order chi connectivity index (χ0) is 24.2. The third-order valence-electron chi connectivity index (χ3n) is 5.27. The second-order valence-corrected chi connectivity index (χ2v) is 22.4. The third-order valence-corrected chi connectivity index (χ3v) is 8.86. The molecule has 0 unspecified atom stereocenters. The van der Waals surface area contributed by atoms with Crippen molar-refractivity contribution in [3.63, 3.8) is 0 Å². The van der Waals surface area contributed by atoms with Gasteiger partial charge >= 0.3 is 0 Å². The number of nitrogens with zero attached hydrogens (tertiary/aromatic N) is 4. The van der Waals surface area contributed by atoms with Crippen LogP contribution in [0.25, 0.3) is 22.4 Å². The van der Waals surface area contributed by atoms with Crippen molar-refractivity contribution in [2.75, 3.05) is 13.2 Å². The molecular weight excluding hydrogens is 512 g/mol. The van der Waals surface area contributed by atoms with Crippen molar-refractivity contribution in [1.29, 1.82) is 0 Å². The molecule has 34 heavy (non-hydrogen) atoms. The van der Waals surface area contributed by atoms with E-state index in [-0.39, 0.29) is 55.2 Å². The van der Waals surface area contributed by atoms with Crippen LogP contribution < -0.4 is 5.56 Å². The molecule has 0 amide bonds. The molecule has 2 heterocycles. The van der Waals surface area contributed by atoms with Crippen LogP contribution in [0.3, 0.4) is 0 Å². The molecule has 0 spiro atoms. The first-order valence-electron chi connectivity index (χ1n) is 11.3. The van der Waals surface area contributed by atoms with Crippen molar-refractivity contribution in [3.05, 3.63) is 45.8 Å². The summed E-state index contributed by atoms with van der Waals surface area (Å²) in [7, 11) is -2.42. The molecule has 188 valence electrons. The van der Waals surface area contributed by atoms with Crippen LogP contribution in [0, 0.1) is 37.7 Å². The van der Waals surface area contributed by atoms with Gasteiger partial charge in [-0.3, -0.25) is 9.36 Å². The van der Waals surface area contributed by atoms with Gasteiger partial charge in [-0.25, -0.2) is 9.67 Å². The van der Waals surface area contributed by atoms with E-state index in [1.807, 2.05) is 28.8 Å². The number of halogens is 1. The van der Waals surface area contributed by atoms with E-state index < -0.39 is 16.1 Å². The predicted molar refractivity (Wildman–Crippen MR) is 140 cm³/mol. The second kappa shape index (κ2) is 12.6. The van der Waals surface area contributed by atoms with E-state index >= 15 is 0 Å². The fourth-order valence-electron chi connectivity index (χ4n) is 3.23. The van der Waals surface area contributed by atoms with E-state index in [9.17, 15) is 4.79 Å². The van der Waals surface area contributed by atoms with Gasteiger partial charge in [-0.2, -0.15) is 5.10 Å². The van der Waals surface area contributed by atoms with Gasteiger partial charge in [-0.15, -0.1) is 0 Å². The summed E-state index contributed by atoms with van der Waals surface area (Å²) in [6.07, 6.45) is 0. The van der Waals surface area contributed by atoms with Crippen LogP contribution in [-0.4, -0.2) is 48.7 Å². The van der Waals surface area contributed by atoms with Crippen LogP contribution in [0.4, 0.5) is 0 Å². The van der Waals surface area contributed by atoms with Gasteiger partial charge in [0.25, 0.3) is 5.56 Å². The maximum atomic E-state index is 13.3. The van der Waals surface area contributed by atoms with Gasteiger partial charge in [-0.1, -0.05) is 63.0 Å². The van der Waals surface area contributed by atoms with Crippen molar-refractivity contribution in [2.24, 2.45) is 0 Å². The molecule has 1 aromatic carbocycles. The zero-order valence-corrected chi connectivity index (χ0v) is 24.3. The van der Waals surface area contributed by atoms with Crippen LogP contribution in [0.15, 0.2) is 35.1 Å². The monoisotopic (exact) mass is 546 g/mol. The fourth-order valence-corrected chi connectivity index (χ4v) is 4.95. The SMILES string of the molecule is C[Si](C)(C)CCOCn1nc(Cl)cc(-c2nc3ccccc3n2COCC[Si](C)(C)C)c1=O.[Ar]. The van der Waals surface area contributed by atoms with Gasteiger partial charge in [0, 0.05) is 67.1 Å². The molecule has 3 aromatic rings. The smallest absolute Gasteiger partial charge is 0.280 e. The molecule has 0 aliphatic rings. The summed E-state index contributed by atoms with van der Waals surface area (Å²) in [4.78, 5) is 18.0. The largest absolute Gasteiger partial charge is 0.361 e. The minimum Gasteiger partial charge on any atom is -0.361 e. The number of rotatable bonds is 11. The Kier molecular flexibility index (Phi) is 11.0. The summed E-state index contributed by atoms with van der Waals surface area (Å²) < 4.78 is 15.0. The predicted octanol–water partition coefficient (Wildman–Crippen LogP) is 5.54. The number of hydrogen-bond acceptors (Lipinski definition) is 5. The number of benzene rings is 1. The summed E-state index contributed by atoms with van der Waals surface area (Å²) in [5.41, 5.74) is 1.80. The molecule has 0 atom stereocenters. The van der Waals surface area contributed by atoms with Crippen LogP contribution in [-0.2, 0) is 22.9 Å². The van der Waals surface area contributed by atoms with Crippen LogP contribution in [0.5, 0.6) is 0 Å². The quantitative estimate of drug-likeness (QED) is 0.233. The van der Waals surface area contributed by atoms with Crippen LogP contribution in [0.1, 0.15) is 0 Å². The molecule has 2 aromatic heterocycles. The Morgan fingerprint density at radius 3 is 2.15 bits per heavy atom. The number of para-hydroxylation sites is 2. The van der Waals surface area contributed by atoms with Crippen molar-refractivity contribution in [1.82, 2.24) is 19.3 Å². The number of aromatic nitrogens is 4. The van der Waals surface area contributed by atoms with E-state index in [0.717, 1.165) is 23.1 Å². The number of imidazole rings is 1. The Bertz CT molecular complexity index is 1160. The van der Waals surface area contributed by atoms with E-state index in [1.54, 1.807) is 6.07 Å². The van der Waals surface area contributed by atoms with Crippen LogP contribution >= 0.6 is 11.6 Å². The summed E-state index contributed by atoms with van der Waals surface area (Å²) in [5.74, 6) is 0.523. The maximum absolute atomic E-state index is 13.3. The van der Waals surface area contributed by atoms with Gasteiger partial charge in [0.2, 0.25) is 0 Å². The van der Waals surface area contributed by atoms with E-state index in [1.165, 1.54) is 4.68 Å². The zero-order valence-electron chi connectivity index (χ0n) is 20.9. The Hall–Kier alpha value is -0.526. The molecule has 3 rings (SSSR count). The first-order valence-corrected chi connectivity index (χ1v) is 19.1. The summed E-state index contributed by atoms with van der Waals surface area (Å²) in [6.45, 7) is 15.5. The maximum Gasteiger partial charge on any atom is 0.280 e. The normalized spacial score (nSPS) is 12.2. The minimum absolute atomic E-state index is 0. The van der Waals surface area contributed by atoms with Crippen molar-refractivity contribution in [2.45, 2.75) is 64.8 Å². The van der Waals surface area contributed by atoms with E-state index in [4.69, 9.17) is 26.1 Å². The second-order valence-electron chi connectivity index (χ2n) is 10.7. The summed E-state index contributed by atoms with van der Waals surface area (Å²) in [5, 5.41) is 4.39. The number of hydrogen-bond donors (Lipinski definition) is 0. The van der Waals surface area contributed by atoms with Gasteiger partial charge in [0.05, 0.1) is 16.6 Å². The molecule has 11 heteroatoms. The van der Waals surface area contributed by atoms with Crippen molar-refractivity contribution in [3.8, 4) is 11.4 Å². The Morgan fingerprint density at radius 1 is 0.941 bits per heavy atom. The Labute approximate surface area is 238 Å². The minimum atomic E-state index is -1.22. The molecule has 0 fully saturated rings. The molecule has 0 saturated heterocycles. The fraction of sp³-hybridized carbons (Fsp3) is 0.522. The Balaban J connectivity index is 0.00000408. The molecule has 0 N–H and O–H groups in total. The summed E-state index contributed by atoms with van der Waals surface area (Å²) >= 11 is 6.30. The molecule has 0 bridgehead atoms. The van der Waals surface area contributed by atoms with Gasteiger partial charge in [0.15, 0.2) is 5.15 Å². The molecule has 7 nitrogen and oxygen atoms in total. The molecule has 0 aliphatic carbocycles. The van der Waals surface area contributed by atoms with Gasteiger partial charge in [-0.05, 0) is 30.3 Å². The molecule has 0 aliphatic heterocycles. The third kappa shape index (κ3) is 8.55. The molecular formula is C23H35ArClN4O3Si2. The summed E-state index contributed by atoms with van der Waals surface area (Å²) in [6, 6.07) is 11.4. The first-order chi connectivity index (χ1) is 15.4. The average Bonchev–Trinajstić information content (AvgIpc) is 3.07. The number of ether oxygens (including phenoxy) is 2. The van der Waals surface area contributed by atoms with Gasteiger partial charge < -0.3 is 9.47 Å².